The summed E-state index contributed by atoms with van der Waals surface area (Å²) in [5.41, 5.74) is 0. The van der Waals surface area contributed by atoms with Crippen molar-refractivity contribution in [1.82, 2.24) is 0 Å². The molecule has 0 unspecified atom stereocenters. The van der Waals surface area contributed by atoms with E-state index in [9.17, 15) is 0 Å². The monoisotopic (exact) mass is 336 g/mol. The molecule has 1 aliphatic rings. The summed E-state index contributed by atoms with van der Waals surface area (Å²) in [6, 6.07) is 19.3. The van der Waals surface area contributed by atoms with E-state index in [0.29, 0.717) is 0 Å². The van der Waals surface area contributed by atoms with E-state index in [2.05, 4.69) is 79.8 Å². The predicted molar refractivity (Wildman–Crippen MR) is 96.1 cm³/mol. The molecule has 0 atom stereocenters. The maximum absolute atomic E-state index is 2.99. The van der Waals surface area contributed by atoms with E-state index in [1.54, 1.807) is 0 Å². The fraction of sp³-hybridized carbons (Fsp3) is 0.150. The van der Waals surface area contributed by atoms with E-state index < -0.39 is 0 Å². The molecule has 0 spiro atoms. The van der Waals surface area contributed by atoms with Gasteiger partial charge in [-0.25, -0.2) is 12.2 Å². The third-order valence-corrected chi connectivity index (χ3v) is 3.11. The SMILES string of the molecule is C[Si]C.[C-]1=CC=CC1.[Ti+2].c1ccc2c(c1)[cH-]c1ccccc12. The summed E-state index contributed by atoms with van der Waals surface area (Å²) in [5, 5.41) is 5.39. The Kier molecular flexibility index (Phi) is 8.91. The van der Waals surface area contributed by atoms with Gasteiger partial charge >= 0.3 is 21.7 Å². The summed E-state index contributed by atoms with van der Waals surface area (Å²) in [5.74, 6) is 0. The number of hydrogen-bond acceptors (Lipinski definition) is 0. The molecule has 3 aromatic rings. The van der Waals surface area contributed by atoms with Crippen molar-refractivity contribution in [3.05, 3.63) is 78.9 Å². The van der Waals surface area contributed by atoms with Crippen LogP contribution in [0, 0.1) is 6.08 Å². The summed E-state index contributed by atoms with van der Waals surface area (Å²) >= 11 is 0. The first-order chi connectivity index (χ1) is 10.4. The van der Waals surface area contributed by atoms with Crippen molar-refractivity contribution in [2.75, 3.05) is 0 Å². The Labute approximate surface area is 151 Å². The van der Waals surface area contributed by atoms with Crippen LogP contribution in [0.25, 0.3) is 21.5 Å². The van der Waals surface area contributed by atoms with Crippen LogP contribution in [0.3, 0.4) is 0 Å². The molecule has 0 amide bonds. The second kappa shape index (κ2) is 10.4. The molecule has 2 heteroatoms. The number of rotatable bonds is 0. The van der Waals surface area contributed by atoms with Gasteiger partial charge in [0.1, 0.15) is 0 Å². The molecule has 0 aliphatic heterocycles. The summed E-state index contributed by atoms with van der Waals surface area (Å²) in [6.45, 7) is 4.31. The molecule has 2 radical (unpaired) electrons. The van der Waals surface area contributed by atoms with Crippen LogP contribution in [0.4, 0.5) is 0 Å². The molecule has 0 N–H and O–H groups in total. The van der Waals surface area contributed by atoms with Crippen molar-refractivity contribution in [2.45, 2.75) is 19.5 Å². The van der Waals surface area contributed by atoms with E-state index in [1.807, 2.05) is 12.2 Å². The molecule has 0 saturated carbocycles. The first kappa shape index (κ1) is 18.8. The smallest absolute Gasteiger partial charge is 0.273 e. The Morgan fingerprint density at radius 2 is 1.41 bits per heavy atom. The second-order valence-corrected chi connectivity index (χ2v) is 5.82. The maximum Gasteiger partial charge on any atom is 2.00 e. The standard InChI is InChI=1S/C13H9.C5H5.C2H6Si.Ti/c1-3-7-12-10(5-1)9-11-6-2-4-8-13(11)12;1-2-4-5-3-1;1-3-2;/h1-9H;1-3H,4H2;1-2H3;/q2*-1;;+2. The average Bonchev–Trinajstić information content (AvgIpc) is 3.19. The Hall–Kier alpha value is -1.28. The van der Waals surface area contributed by atoms with E-state index in [-0.39, 0.29) is 21.7 Å². The van der Waals surface area contributed by atoms with Crippen LogP contribution in [0.1, 0.15) is 6.42 Å². The molecule has 3 aromatic carbocycles. The molecule has 1 aliphatic carbocycles. The molecular formula is C20H20SiTi. The Balaban J connectivity index is 0.000000227. The average molecular weight is 336 g/mol. The maximum atomic E-state index is 2.99. The Morgan fingerprint density at radius 1 is 0.909 bits per heavy atom. The van der Waals surface area contributed by atoms with E-state index in [0.717, 1.165) is 15.9 Å². The van der Waals surface area contributed by atoms with E-state index >= 15 is 0 Å². The number of hydrogen-bond donors (Lipinski definition) is 0. The van der Waals surface area contributed by atoms with Crippen LogP contribution >= 0.6 is 0 Å². The van der Waals surface area contributed by atoms with Gasteiger partial charge in [-0.15, -0.1) is 46.2 Å². The van der Waals surface area contributed by atoms with E-state index in [1.165, 1.54) is 21.5 Å². The number of benzene rings is 2. The van der Waals surface area contributed by atoms with Crippen molar-refractivity contribution in [3.8, 4) is 0 Å². The predicted octanol–water partition coefficient (Wildman–Crippen LogP) is 5.80. The summed E-state index contributed by atoms with van der Waals surface area (Å²) < 4.78 is 0. The van der Waals surface area contributed by atoms with Crippen LogP contribution in [-0.2, 0) is 21.7 Å². The summed E-state index contributed by atoms with van der Waals surface area (Å²) in [7, 11) is 1.08. The van der Waals surface area contributed by atoms with Crippen LogP contribution < -0.4 is 0 Å². The van der Waals surface area contributed by atoms with Crippen LogP contribution in [0.15, 0.2) is 72.8 Å². The van der Waals surface area contributed by atoms with E-state index in [4.69, 9.17) is 0 Å². The molecule has 0 bridgehead atoms. The summed E-state index contributed by atoms with van der Waals surface area (Å²) in [4.78, 5) is 0. The quantitative estimate of drug-likeness (QED) is 0.359. The first-order valence-electron chi connectivity index (χ1n) is 7.20. The molecule has 22 heavy (non-hydrogen) atoms. The fourth-order valence-corrected chi connectivity index (χ4v) is 2.24. The third-order valence-electron chi connectivity index (χ3n) is 3.11. The van der Waals surface area contributed by atoms with Crippen molar-refractivity contribution < 1.29 is 21.7 Å². The zero-order valence-electron chi connectivity index (χ0n) is 13.1. The van der Waals surface area contributed by atoms with Gasteiger partial charge in [-0.2, -0.15) is 6.08 Å². The Bertz CT molecular complexity index is 677. The van der Waals surface area contributed by atoms with Crippen LogP contribution in [-0.4, -0.2) is 9.52 Å². The fourth-order valence-electron chi connectivity index (χ4n) is 2.24. The first-order valence-corrected chi connectivity index (χ1v) is 9.20. The molecule has 0 heterocycles. The molecule has 0 aromatic heterocycles. The second-order valence-electron chi connectivity index (χ2n) is 4.82. The Morgan fingerprint density at radius 3 is 1.77 bits per heavy atom. The van der Waals surface area contributed by atoms with Gasteiger partial charge < -0.3 is 0 Å². The van der Waals surface area contributed by atoms with Gasteiger partial charge in [-0.3, -0.25) is 6.08 Å². The van der Waals surface area contributed by atoms with Crippen molar-refractivity contribution >= 4 is 31.1 Å². The molecule has 0 saturated heterocycles. The minimum Gasteiger partial charge on any atom is -0.273 e. The molecule has 4 rings (SSSR count). The van der Waals surface area contributed by atoms with Crippen molar-refractivity contribution in [1.29, 1.82) is 0 Å². The zero-order chi connectivity index (χ0) is 14.9. The van der Waals surface area contributed by atoms with Gasteiger partial charge in [0.15, 0.2) is 0 Å². The minimum absolute atomic E-state index is 0. The zero-order valence-corrected chi connectivity index (χ0v) is 15.7. The number of fused-ring (bicyclic) bond motifs is 3. The van der Waals surface area contributed by atoms with Gasteiger partial charge in [0, 0.05) is 9.52 Å². The van der Waals surface area contributed by atoms with Gasteiger partial charge in [0.05, 0.1) is 0 Å². The third kappa shape index (κ3) is 5.17. The van der Waals surface area contributed by atoms with Crippen molar-refractivity contribution in [2.24, 2.45) is 0 Å². The van der Waals surface area contributed by atoms with Gasteiger partial charge in [0.2, 0.25) is 0 Å². The normalized spacial score (nSPS) is 11.4. The topological polar surface area (TPSA) is 0 Å². The van der Waals surface area contributed by atoms with Crippen molar-refractivity contribution in [3.63, 3.8) is 0 Å². The van der Waals surface area contributed by atoms with Crippen LogP contribution in [0.5, 0.6) is 0 Å². The van der Waals surface area contributed by atoms with Crippen LogP contribution in [0.2, 0.25) is 13.1 Å². The molecule has 0 fully saturated rings. The largest absolute Gasteiger partial charge is 2.00 e. The summed E-state index contributed by atoms with van der Waals surface area (Å²) in [6.07, 6.45) is 10.0. The number of allylic oxidation sites excluding steroid dienone is 4. The van der Waals surface area contributed by atoms with Gasteiger partial charge in [0.25, 0.3) is 0 Å². The molecule has 108 valence electrons. The molecule has 0 nitrogen and oxygen atoms in total. The molecular weight excluding hydrogens is 316 g/mol. The van der Waals surface area contributed by atoms with Gasteiger partial charge in [-0.05, 0) is 0 Å². The minimum atomic E-state index is 0. The van der Waals surface area contributed by atoms with Gasteiger partial charge in [-0.1, -0.05) is 49.5 Å².